The van der Waals surface area contributed by atoms with E-state index in [9.17, 15) is 0 Å². The van der Waals surface area contributed by atoms with Gasteiger partial charge in [-0.2, -0.15) is 0 Å². The molecule has 0 saturated heterocycles. The summed E-state index contributed by atoms with van der Waals surface area (Å²) in [5.41, 5.74) is 0. The molecule has 0 aromatic rings. The van der Waals surface area contributed by atoms with Crippen LogP contribution in [-0.4, -0.2) is 76.8 Å². The van der Waals surface area contributed by atoms with Gasteiger partial charge in [0.25, 0.3) is 0 Å². The minimum atomic E-state index is 0. The van der Waals surface area contributed by atoms with Gasteiger partial charge in [0, 0.05) is 12.6 Å². The summed E-state index contributed by atoms with van der Waals surface area (Å²) in [4.78, 5) is 4.25. The number of rotatable bonds is 4. The maximum absolute atomic E-state index is 2.29. The van der Waals surface area contributed by atoms with Crippen LogP contribution in [0, 0.1) is 35.6 Å². The number of hydrogen-bond acceptors (Lipinski definition) is 2. The van der Waals surface area contributed by atoms with E-state index in [1.165, 1.54) is 129 Å². The van der Waals surface area contributed by atoms with E-state index >= 15 is 0 Å². The summed E-state index contributed by atoms with van der Waals surface area (Å²) >= 11 is 0. The van der Waals surface area contributed by atoms with Gasteiger partial charge < -0.3 is 58.2 Å². The molecule has 4 rings (SSSR count). The van der Waals surface area contributed by atoms with E-state index in [1.54, 1.807) is 0 Å². The number of quaternary nitrogens is 1. The molecule has 246 valence electrons. The van der Waals surface area contributed by atoms with Crippen molar-refractivity contribution in [3.63, 3.8) is 0 Å². The van der Waals surface area contributed by atoms with Gasteiger partial charge in [-0.1, -0.05) is 109 Å². The summed E-state index contributed by atoms with van der Waals surface area (Å²) < 4.78 is 1.14. The van der Waals surface area contributed by atoms with Gasteiger partial charge >= 0.3 is 34.1 Å². The van der Waals surface area contributed by atoms with Crippen LogP contribution >= 0.6 is 0 Å². The third-order valence-corrected chi connectivity index (χ3v) is 6.60. The van der Waals surface area contributed by atoms with Gasteiger partial charge in [-0.15, -0.1) is 0 Å². The number of nitrogens with zero attached hydrogens (tertiary/aromatic N) is 3. The first-order valence-electron chi connectivity index (χ1n) is 14.3. The second kappa shape index (κ2) is 41.8. The summed E-state index contributed by atoms with van der Waals surface area (Å²) in [7, 11) is 15.1. The zero-order valence-corrected chi connectivity index (χ0v) is 33.2. The Kier molecular flexibility index (Phi) is 64.2. The molecule has 0 atom stereocenters. The predicted molar refractivity (Wildman–Crippen MR) is 172 cm³/mol. The molecule has 4 fully saturated rings. The van der Waals surface area contributed by atoms with Crippen molar-refractivity contribution in [3.8, 4) is 0 Å². The molecule has 4 aliphatic rings. The van der Waals surface area contributed by atoms with Crippen LogP contribution in [0.25, 0.3) is 0 Å². The monoisotopic (exact) mass is 753 g/mol. The van der Waals surface area contributed by atoms with E-state index in [0.717, 1.165) is 17.1 Å². The molecule has 0 aliphatic heterocycles. The van der Waals surface area contributed by atoms with Crippen molar-refractivity contribution in [1.82, 2.24) is 9.80 Å². The molecule has 4 saturated carbocycles. The molecule has 0 spiro atoms. The minimum absolute atomic E-state index is 0. The molecule has 0 aromatic carbocycles. The van der Waals surface area contributed by atoms with Crippen molar-refractivity contribution < 1.29 is 62.6 Å². The Balaban J connectivity index is -0.0000000503. The molecule has 4 aliphatic carbocycles. The third kappa shape index (κ3) is 52.7. The zero-order valence-electron chi connectivity index (χ0n) is 28.9. The topological polar surface area (TPSA) is 6.48 Å². The molecular formula is C33H76Fe2IN3. The molecule has 3 nitrogen and oxygen atoms in total. The Morgan fingerprint density at radius 3 is 0.795 bits per heavy atom. The quantitative estimate of drug-likeness (QED) is 0.105. The molecular weight excluding hydrogens is 677 g/mol. The first-order chi connectivity index (χ1) is 15.2. The molecule has 0 N–H and O–H groups in total. The second-order valence-electron chi connectivity index (χ2n) is 12.2. The van der Waals surface area contributed by atoms with E-state index < -0.39 is 0 Å². The fourth-order valence-corrected chi connectivity index (χ4v) is 5.18. The van der Waals surface area contributed by atoms with Crippen LogP contribution in [0.5, 0.6) is 0 Å². The SMILES string of the molecule is C1CCCC1.C1CCCC1.C1CCCC1.CN(C)CN(C)C.C[N+](C)(C)CC1CCCC1.[CH3-].[CH3-].[CH3-].[CH3-].[Fe+2].[Fe+2].[I-]. The van der Waals surface area contributed by atoms with Crippen LogP contribution in [0.4, 0.5) is 0 Å². The van der Waals surface area contributed by atoms with Crippen molar-refractivity contribution in [3.05, 3.63) is 29.7 Å². The van der Waals surface area contributed by atoms with Crippen LogP contribution in [0.1, 0.15) is 122 Å². The van der Waals surface area contributed by atoms with E-state index in [-0.39, 0.29) is 87.8 Å². The summed E-state index contributed by atoms with van der Waals surface area (Å²) in [6.07, 6.45) is 28.4. The van der Waals surface area contributed by atoms with E-state index in [2.05, 4.69) is 59.1 Å². The smallest absolute Gasteiger partial charge is 1.00 e. The van der Waals surface area contributed by atoms with E-state index in [1.807, 2.05) is 0 Å². The summed E-state index contributed by atoms with van der Waals surface area (Å²) in [5, 5.41) is 0. The third-order valence-electron chi connectivity index (χ3n) is 6.60. The Labute approximate surface area is 290 Å². The largest absolute Gasteiger partial charge is 2.00 e. The second-order valence-corrected chi connectivity index (χ2v) is 12.2. The van der Waals surface area contributed by atoms with Crippen LogP contribution in [0.15, 0.2) is 0 Å². The van der Waals surface area contributed by atoms with Gasteiger partial charge in [-0.25, -0.2) is 0 Å². The summed E-state index contributed by atoms with van der Waals surface area (Å²) in [6.45, 7) is 2.40. The van der Waals surface area contributed by atoms with Crippen molar-refractivity contribution in [2.75, 3.05) is 62.5 Å². The van der Waals surface area contributed by atoms with E-state index in [0.29, 0.717) is 0 Å². The maximum atomic E-state index is 2.29. The number of halogens is 1. The van der Waals surface area contributed by atoms with Gasteiger partial charge in [0.15, 0.2) is 0 Å². The summed E-state index contributed by atoms with van der Waals surface area (Å²) in [6, 6.07) is 0. The molecule has 0 bridgehead atoms. The van der Waals surface area contributed by atoms with Crippen molar-refractivity contribution >= 4 is 0 Å². The Hall–Kier alpha value is 1.65. The standard InChI is InChI=1S/C9H20N.C5H14N2.3C5H10.4CH3.2Fe.HI/c1-10(2,3)8-9-6-4-5-7-9;1-6(2)5-7(3)4;3*1-2-4-5-3-1;;;;;;;/h9H,4-8H2,1-3H3;5H2,1-4H3;3*1-5H2;4*1H3;;;1H/q+1;;;;;4*-1;2*+2;/p-1. The average Bonchev–Trinajstić information content (AvgIpc) is 3.55. The molecule has 39 heavy (non-hydrogen) atoms. The zero-order chi connectivity index (χ0) is 24.1. The average molecular weight is 754 g/mol. The van der Waals surface area contributed by atoms with Gasteiger partial charge in [-0.3, -0.25) is 9.80 Å². The van der Waals surface area contributed by atoms with Gasteiger partial charge in [-0.05, 0) is 41.0 Å². The van der Waals surface area contributed by atoms with Crippen molar-refractivity contribution in [2.24, 2.45) is 5.92 Å². The van der Waals surface area contributed by atoms with Crippen molar-refractivity contribution in [2.45, 2.75) is 122 Å². The Morgan fingerprint density at radius 1 is 0.462 bits per heavy atom. The van der Waals surface area contributed by atoms with Crippen LogP contribution in [0.3, 0.4) is 0 Å². The molecule has 0 amide bonds. The Morgan fingerprint density at radius 2 is 0.667 bits per heavy atom. The molecule has 0 aromatic heterocycles. The molecule has 0 unspecified atom stereocenters. The Bertz CT molecular complexity index is 321. The van der Waals surface area contributed by atoms with Crippen molar-refractivity contribution in [1.29, 1.82) is 0 Å². The maximum Gasteiger partial charge on any atom is 2.00 e. The van der Waals surface area contributed by atoms with Crippen LogP contribution in [-0.2, 0) is 34.1 Å². The van der Waals surface area contributed by atoms with Crippen LogP contribution in [0.2, 0.25) is 0 Å². The fraction of sp³-hybridized carbons (Fsp3) is 0.879. The minimum Gasteiger partial charge on any atom is -1.00 e. The normalized spacial score (nSPS) is 16.8. The molecule has 6 heteroatoms. The molecule has 0 heterocycles. The fourth-order valence-electron chi connectivity index (χ4n) is 5.18. The van der Waals surface area contributed by atoms with Gasteiger partial charge in [0.2, 0.25) is 0 Å². The first-order valence-corrected chi connectivity index (χ1v) is 14.3. The first kappa shape index (κ1) is 59.9. The summed E-state index contributed by atoms with van der Waals surface area (Å²) in [5.74, 6) is 1.03. The van der Waals surface area contributed by atoms with Gasteiger partial charge in [0.05, 0.1) is 27.7 Å². The number of hydrogen-bond donors (Lipinski definition) is 0. The van der Waals surface area contributed by atoms with E-state index in [4.69, 9.17) is 0 Å². The molecule has 0 radical (unpaired) electrons. The predicted octanol–water partition coefficient (Wildman–Crippen LogP) is 6.60. The van der Waals surface area contributed by atoms with Crippen LogP contribution < -0.4 is 24.0 Å². The van der Waals surface area contributed by atoms with Gasteiger partial charge in [0.1, 0.15) is 0 Å².